The van der Waals surface area contributed by atoms with Crippen LogP contribution in [-0.2, 0) is 9.53 Å². The molecule has 0 radical (unpaired) electrons. The lowest BCUT2D eigenvalue weighted by molar-refractivity contribution is -0.134. The van der Waals surface area contributed by atoms with E-state index < -0.39 is 0 Å². The van der Waals surface area contributed by atoms with E-state index in [4.69, 9.17) is 4.74 Å². The summed E-state index contributed by atoms with van der Waals surface area (Å²) in [7, 11) is 0. The Hall–Kier alpha value is -0.610. The zero-order valence-corrected chi connectivity index (χ0v) is 7.71. The second kappa shape index (κ2) is 3.64. The van der Waals surface area contributed by atoms with Crippen molar-refractivity contribution in [2.75, 3.05) is 19.6 Å². The van der Waals surface area contributed by atoms with Crippen molar-refractivity contribution in [2.24, 2.45) is 5.41 Å². The fourth-order valence-electron chi connectivity index (χ4n) is 2.37. The summed E-state index contributed by atoms with van der Waals surface area (Å²) in [5.41, 5.74) is 0.388. The third-order valence-corrected chi connectivity index (χ3v) is 3.21. The number of carbonyl (C=O) groups excluding carboxylic acids is 1. The van der Waals surface area contributed by atoms with Crippen molar-refractivity contribution in [2.45, 2.75) is 25.5 Å². The van der Waals surface area contributed by atoms with Crippen LogP contribution in [0.2, 0.25) is 0 Å². The van der Waals surface area contributed by atoms with Gasteiger partial charge in [-0.2, -0.15) is 0 Å². The first kappa shape index (κ1) is 8.97. The van der Waals surface area contributed by atoms with Gasteiger partial charge in [-0.05, 0) is 31.3 Å². The molecule has 0 aromatic carbocycles. The van der Waals surface area contributed by atoms with Crippen molar-refractivity contribution >= 4 is 6.47 Å². The van der Waals surface area contributed by atoms with Crippen molar-refractivity contribution < 1.29 is 9.53 Å². The fraction of sp³-hybridized carbons (Fsp3) is 0.889. The summed E-state index contributed by atoms with van der Waals surface area (Å²) in [6.45, 7) is 3.72. The van der Waals surface area contributed by atoms with Gasteiger partial charge in [0.25, 0.3) is 6.47 Å². The molecule has 1 unspecified atom stereocenters. The third kappa shape index (κ3) is 1.84. The predicted molar refractivity (Wildman–Crippen MR) is 48.1 cm³/mol. The molecule has 2 N–H and O–H groups in total. The van der Waals surface area contributed by atoms with Gasteiger partial charge in [-0.3, -0.25) is 10.1 Å². The molecular formula is C9H16N2O2. The third-order valence-electron chi connectivity index (χ3n) is 3.21. The normalized spacial score (nSPS) is 31.8. The van der Waals surface area contributed by atoms with E-state index in [1.165, 1.54) is 12.8 Å². The summed E-state index contributed by atoms with van der Waals surface area (Å²) in [4.78, 5) is 10.2. The molecule has 13 heavy (non-hydrogen) atoms. The molecule has 4 nitrogen and oxygen atoms in total. The smallest absolute Gasteiger partial charge is 0.294 e. The first-order valence-electron chi connectivity index (χ1n) is 4.88. The number of carbonyl (C=O) groups is 1. The lowest BCUT2D eigenvalue weighted by Crippen LogP contribution is -2.37. The molecule has 0 aromatic heterocycles. The van der Waals surface area contributed by atoms with Crippen LogP contribution in [0.1, 0.15) is 19.3 Å². The van der Waals surface area contributed by atoms with E-state index in [0.29, 0.717) is 11.9 Å². The number of nitrogens with one attached hydrogen (secondary N) is 2. The van der Waals surface area contributed by atoms with Crippen LogP contribution in [-0.4, -0.2) is 32.3 Å². The van der Waals surface area contributed by atoms with E-state index in [9.17, 15) is 4.79 Å². The van der Waals surface area contributed by atoms with E-state index in [2.05, 4.69) is 10.6 Å². The van der Waals surface area contributed by atoms with Gasteiger partial charge in [0.1, 0.15) is 0 Å². The Morgan fingerprint density at radius 2 is 2.15 bits per heavy atom. The molecule has 2 fully saturated rings. The molecule has 0 amide bonds. The molecular weight excluding hydrogens is 168 g/mol. The van der Waals surface area contributed by atoms with Gasteiger partial charge in [0.15, 0.2) is 6.23 Å². The Balaban J connectivity index is 1.90. The first-order chi connectivity index (χ1) is 6.35. The highest BCUT2D eigenvalue weighted by molar-refractivity contribution is 5.37. The highest BCUT2D eigenvalue weighted by Crippen LogP contribution is 2.37. The van der Waals surface area contributed by atoms with Crippen LogP contribution < -0.4 is 10.6 Å². The predicted octanol–water partition coefficient (Wildman–Crippen LogP) is -0.151. The first-order valence-corrected chi connectivity index (χ1v) is 4.88. The summed E-state index contributed by atoms with van der Waals surface area (Å²) >= 11 is 0. The average molecular weight is 184 g/mol. The van der Waals surface area contributed by atoms with E-state index in [0.717, 1.165) is 26.1 Å². The molecule has 2 heterocycles. The molecule has 2 aliphatic rings. The van der Waals surface area contributed by atoms with Gasteiger partial charge in [0.05, 0.1) is 0 Å². The summed E-state index contributed by atoms with van der Waals surface area (Å²) in [6.07, 6.45) is 3.32. The number of hydrogen-bond donors (Lipinski definition) is 2. The molecule has 0 bridgehead atoms. The van der Waals surface area contributed by atoms with Gasteiger partial charge in [0.2, 0.25) is 0 Å². The summed E-state index contributed by atoms with van der Waals surface area (Å²) < 4.78 is 4.92. The number of rotatable bonds is 2. The molecule has 4 heteroatoms. The number of piperidine rings is 1. The second-order valence-corrected chi connectivity index (χ2v) is 4.06. The maximum absolute atomic E-state index is 10.2. The second-order valence-electron chi connectivity index (χ2n) is 4.06. The maximum Gasteiger partial charge on any atom is 0.294 e. The van der Waals surface area contributed by atoms with Gasteiger partial charge in [-0.15, -0.1) is 0 Å². The van der Waals surface area contributed by atoms with Crippen molar-refractivity contribution in [3.05, 3.63) is 0 Å². The Morgan fingerprint density at radius 1 is 1.38 bits per heavy atom. The van der Waals surface area contributed by atoms with Crippen LogP contribution in [0.15, 0.2) is 0 Å². The molecule has 0 saturated carbocycles. The topological polar surface area (TPSA) is 50.4 Å². The Bertz CT molecular complexity index is 190. The fourth-order valence-corrected chi connectivity index (χ4v) is 2.37. The minimum atomic E-state index is -0.0457. The minimum absolute atomic E-state index is 0.0457. The molecule has 2 saturated heterocycles. The summed E-state index contributed by atoms with van der Waals surface area (Å²) in [5, 5.41) is 6.58. The van der Waals surface area contributed by atoms with Crippen molar-refractivity contribution in [3.8, 4) is 0 Å². The van der Waals surface area contributed by atoms with Crippen LogP contribution in [0.5, 0.6) is 0 Å². The molecule has 2 rings (SSSR count). The van der Waals surface area contributed by atoms with Crippen LogP contribution in [0.4, 0.5) is 0 Å². The van der Waals surface area contributed by atoms with Gasteiger partial charge in [-0.1, -0.05) is 0 Å². The number of ether oxygens (including phenoxy) is 1. The molecule has 1 atom stereocenters. The van der Waals surface area contributed by atoms with Gasteiger partial charge in [-0.25, -0.2) is 0 Å². The molecule has 1 spiro atoms. The monoisotopic (exact) mass is 184 g/mol. The molecule has 74 valence electrons. The zero-order valence-electron chi connectivity index (χ0n) is 7.71. The quantitative estimate of drug-likeness (QED) is 0.586. The lowest BCUT2D eigenvalue weighted by Gasteiger charge is -2.32. The Labute approximate surface area is 78.0 Å². The largest absolute Gasteiger partial charge is 0.449 e. The number of hydrogen-bond acceptors (Lipinski definition) is 4. The van der Waals surface area contributed by atoms with Crippen LogP contribution in [0.25, 0.3) is 0 Å². The standard InChI is InChI=1S/C9H16N2O2/c12-7-13-8-5-9(6-11-8)1-3-10-4-2-9/h7-8,10-11H,1-6H2. The summed E-state index contributed by atoms with van der Waals surface area (Å²) in [6, 6.07) is 0. The molecule has 0 aliphatic carbocycles. The van der Waals surface area contributed by atoms with Gasteiger partial charge < -0.3 is 10.1 Å². The highest BCUT2D eigenvalue weighted by atomic mass is 16.5. The lowest BCUT2D eigenvalue weighted by atomic mass is 9.78. The van der Waals surface area contributed by atoms with E-state index in [1.54, 1.807) is 0 Å². The van der Waals surface area contributed by atoms with Gasteiger partial charge in [0, 0.05) is 13.0 Å². The Morgan fingerprint density at radius 3 is 2.85 bits per heavy atom. The average Bonchev–Trinajstić information content (AvgIpc) is 2.51. The minimum Gasteiger partial charge on any atom is -0.449 e. The maximum atomic E-state index is 10.2. The van der Waals surface area contributed by atoms with Crippen LogP contribution >= 0.6 is 0 Å². The van der Waals surface area contributed by atoms with E-state index >= 15 is 0 Å². The Kier molecular flexibility index (Phi) is 2.51. The van der Waals surface area contributed by atoms with Crippen LogP contribution in [0.3, 0.4) is 0 Å². The molecule has 2 aliphatic heterocycles. The summed E-state index contributed by atoms with van der Waals surface area (Å²) in [5.74, 6) is 0. The van der Waals surface area contributed by atoms with E-state index in [-0.39, 0.29) is 6.23 Å². The molecule has 0 aromatic rings. The van der Waals surface area contributed by atoms with E-state index in [1.807, 2.05) is 0 Å². The highest BCUT2D eigenvalue weighted by Gasteiger charge is 2.40. The SMILES string of the molecule is O=COC1CC2(CCNCC2)CN1. The van der Waals surface area contributed by atoms with Crippen molar-refractivity contribution in [1.29, 1.82) is 0 Å². The van der Waals surface area contributed by atoms with Gasteiger partial charge >= 0.3 is 0 Å². The zero-order chi connectivity index (χ0) is 9.15. The van der Waals surface area contributed by atoms with Crippen LogP contribution in [0, 0.1) is 5.41 Å². The van der Waals surface area contributed by atoms with Crippen molar-refractivity contribution in [1.82, 2.24) is 10.6 Å². The van der Waals surface area contributed by atoms with Crippen molar-refractivity contribution in [3.63, 3.8) is 0 Å².